The highest BCUT2D eigenvalue weighted by Crippen LogP contribution is 2.30. The van der Waals surface area contributed by atoms with E-state index in [9.17, 15) is 4.79 Å². The molecule has 0 saturated carbocycles. The van der Waals surface area contributed by atoms with Crippen molar-refractivity contribution in [1.82, 2.24) is 4.98 Å². The number of aromatic nitrogens is 1. The lowest BCUT2D eigenvalue weighted by Crippen LogP contribution is -2.20. The zero-order chi connectivity index (χ0) is 13.3. The predicted octanol–water partition coefficient (Wildman–Crippen LogP) is 3.20. The minimum absolute atomic E-state index is 0.318. The molecule has 0 aliphatic carbocycles. The summed E-state index contributed by atoms with van der Waals surface area (Å²) in [4.78, 5) is 14.9. The molecule has 2 aromatic rings. The Balaban J connectivity index is 2.37. The molecule has 1 heterocycles. The molecule has 1 unspecified atom stereocenters. The molecule has 4 nitrogen and oxygen atoms in total. The van der Waals surface area contributed by atoms with Crippen LogP contribution in [0.3, 0.4) is 0 Å². The van der Waals surface area contributed by atoms with Gasteiger partial charge in [0.25, 0.3) is 0 Å². The van der Waals surface area contributed by atoms with Crippen molar-refractivity contribution in [2.24, 2.45) is 5.73 Å². The minimum Gasteiger partial charge on any atom is -0.480 e. The van der Waals surface area contributed by atoms with Crippen molar-refractivity contribution in [3.63, 3.8) is 0 Å². The van der Waals surface area contributed by atoms with E-state index in [0.29, 0.717) is 20.7 Å². The van der Waals surface area contributed by atoms with Gasteiger partial charge in [-0.1, -0.05) is 23.2 Å². The molecule has 1 aromatic heterocycles. The van der Waals surface area contributed by atoms with Gasteiger partial charge in [-0.05, 0) is 18.2 Å². The number of hydrogen-bond acceptors (Lipinski definition) is 4. The maximum atomic E-state index is 10.8. The summed E-state index contributed by atoms with van der Waals surface area (Å²) in [7, 11) is 0. The second-order valence-corrected chi connectivity index (χ2v) is 5.28. The normalized spacial score (nSPS) is 12.4. The fraction of sp³-hybridized carbons (Fsp3) is 0.0909. The van der Waals surface area contributed by atoms with Crippen LogP contribution >= 0.6 is 34.5 Å². The zero-order valence-electron chi connectivity index (χ0n) is 8.93. The molecule has 2 rings (SSSR count). The fourth-order valence-electron chi connectivity index (χ4n) is 1.37. The van der Waals surface area contributed by atoms with Crippen LogP contribution in [-0.2, 0) is 4.79 Å². The van der Waals surface area contributed by atoms with Crippen molar-refractivity contribution >= 4 is 40.5 Å². The van der Waals surface area contributed by atoms with E-state index in [1.54, 1.807) is 23.6 Å². The van der Waals surface area contributed by atoms with E-state index in [2.05, 4.69) is 4.98 Å². The Morgan fingerprint density at radius 2 is 1.94 bits per heavy atom. The van der Waals surface area contributed by atoms with Gasteiger partial charge >= 0.3 is 5.97 Å². The van der Waals surface area contributed by atoms with E-state index in [4.69, 9.17) is 34.0 Å². The van der Waals surface area contributed by atoms with Gasteiger partial charge in [-0.15, -0.1) is 11.3 Å². The first-order valence-corrected chi connectivity index (χ1v) is 6.51. The van der Waals surface area contributed by atoms with Crippen molar-refractivity contribution in [1.29, 1.82) is 0 Å². The van der Waals surface area contributed by atoms with Crippen molar-refractivity contribution in [3.8, 4) is 10.6 Å². The summed E-state index contributed by atoms with van der Waals surface area (Å²) < 4.78 is 0. The number of carboxylic acids is 1. The number of hydrogen-bond donors (Lipinski definition) is 2. The highest BCUT2D eigenvalue weighted by atomic mass is 35.5. The van der Waals surface area contributed by atoms with Gasteiger partial charge in [-0.25, -0.2) is 4.98 Å². The molecule has 0 amide bonds. The summed E-state index contributed by atoms with van der Waals surface area (Å²) in [5.74, 6) is -1.11. The van der Waals surface area contributed by atoms with E-state index in [-0.39, 0.29) is 0 Å². The van der Waals surface area contributed by atoms with Gasteiger partial charge in [0, 0.05) is 21.0 Å². The van der Waals surface area contributed by atoms with Gasteiger partial charge in [0.2, 0.25) is 0 Å². The van der Waals surface area contributed by atoms with Gasteiger partial charge in [-0.2, -0.15) is 0 Å². The molecular formula is C11H8Cl2N2O2S. The maximum absolute atomic E-state index is 10.8. The van der Waals surface area contributed by atoms with Crippen LogP contribution in [0.2, 0.25) is 10.0 Å². The first-order valence-electron chi connectivity index (χ1n) is 4.87. The Bertz CT molecular complexity index is 580. The lowest BCUT2D eigenvalue weighted by Gasteiger charge is -2.01. The zero-order valence-corrected chi connectivity index (χ0v) is 11.3. The number of carbonyl (C=O) groups is 1. The third kappa shape index (κ3) is 2.81. The second kappa shape index (κ2) is 5.24. The highest BCUT2D eigenvalue weighted by Gasteiger charge is 2.18. The van der Waals surface area contributed by atoms with Crippen molar-refractivity contribution < 1.29 is 9.90 Å². The summed E-state index contributed by atoms with van der Waals surface area (Å²) in [6.07, 6.45) is 0. The van der Waals surface area contributed by atoms with E-state index in [1.807, 2.05) is 0 Å². The van der Waals surface area contributed by atoms with Gasteiger partial charge in [0.05, 0.1) is 5.69 Å². The molecule has 0 radical (unpaired) electrons. The fourth-order valence-corrected chi connectivity index (χ4v) is 2.74. The Morgan fingerprint density at radius 1 is 1.33 bits per heavy atom. The van der Waals surface area contributed by atoms with Gasteiger partial charge < -0.3 is 10.8 Å². The molecule has 0 fully saturated rings. The summed E-state index contributed by atoms with van der Waals surface area (Å²) >= 11 is 13.1. The van der Waals surface area contributed by atoms with Crippen LogP contribution in [0.1, 0.15) is 11.7 Å². The molecule has 3 N–H and O–H groups in total. The Morgan fingerprint density at radius 3 is 2.50 bits per heavy atom. The summed E-state index contributed by atoms with van der Waals surface area (Å²) in [5.41, 5.74) is 6.54. The molecule has 0 saturated heterocycles. The third-order valence-corrected chi connectivity index (χ3v) is 3.56. The van der Waals surface area contributed by atoms with Gasteiger partial charge in [0.1, 0.15) is 11.0 Å². The van der Waals surface area contributed by atoms with Crippen LogP contribution in [0.25, 0.3) is 10.6 Å². The average molecular weight is 303 g/mol. The molecule has 1 aromatic carbocycles. The summed E-state index contributed by atoms with van der Waals surface area (Å²) in [5, 5.41) is 12.0. The average Bonchev–Trinajstić information content (AvgIpc) is 2.75. The van der Waals surface area contributed by atoms with Crippen LogP contribution < -0.4 is 5.73 Å². The molecule has 94 valence electrons. The SMILES string of the molecule is NC(C(=O)O)c1csc(-c2cc(Cl)cc(Cl)c2)n1. The number of aliphatic carboxylic acids is 1. The van der Waals surface area contributed by atoms with E-state index in [1.165, 1.54) is 11.3 Å². The number of benzene rings is 1. The van der Waals surface area contributed by atoms with Crippen LogP contribution in [-0.4, -0.2) is 16.1 Å². The molecule has 0 aliphatic rings. The number of rotatable bonds is 3. The lowest BCUT2D eigenvalue weighted by molar-refractivity contribution is -0.138. The van der Waals surface area contributed by atoms with Gasteiger partial charge in [-0.3, -0.25) is 4.79 Å². The number of carboxylic acid groups (broad SMARTS) is 1. The molecule has 1 atom stereocenters. The molecular weight excluding hydrogens is 295 g/mol. The van der Waals surface area contributed by atoms with Gasteiger partial charge in [0.15, 0.2) is 0 Å². The van der Waals surface area contributed by atoms with Crippen LogP contribution in [0.4, 0.5) is 0 Å². The van der Waals surface area contributed by atoms with E-state index < -0.39 is 12.0 Å². The number of halogens is 2. The highest BCUT2D eigenvalue weighted by molar-refractivity contribution is 7.13. The topological polar surface area (TPSA) is 76.2 Å². The molecule has 0 aliphatic heterocycles. The first kappa shape index (κ1) is 13.3. The molecule has 0 bridgehead atoms. The van der Waals surface area contributed by atoms with Crippen molar-refractivity contribution in [3.05, 3.63) is 39.3 Å². The van der Waals surface area contributed by atoms with Crippen molar-refractivity contribution in [2.75, 3.05) is 0 Å². The quantitative estimate of drug-likeness (QED) is 0.913. The molecule has 0 spiro atoms. The Hall–Kier alpha value is -1.14. The number of nitrogens with zero attached hydrogens (tertiary/aromatic N) is 1. The van der Waals surface area contributed by atoms with Crippen LogP contribution in [0, 0.1) is 0 Å². The van der Waals surface area contributed by atoms with Crippen LogP contribution in [0.15, 0.2) is 23.6 Å². The lowest BCUT2D eigenvalue weighted by atomic mass is 10.2. The van der Waals surface area contributed by atoms with E-state index in [0.717, 1.165) is 5.56 Å². The maximum Gasteiger partial charge on any atom is 0.326 e. The predicted molar refractivity (Wildman–Crippen MR) is 72.1 cm³/mol. The number of thiazole rings is 1. The van der Waals surface area contributed by atoms with Crippen molar-refractivity contribution in [2.45, 2.75) is 6.04 Å². The van der Waals surface area contributed by atoms with E-state index >= 15 is 0 Å². The van der Waals surface area contributed by atoms with Crippen LogP contribution in [0.5, 0.6) is 0 Å². The Labute approximate surface area is 117 Å². The monoisotopic (exact) mass is 302 g/mol. The molecule has 7 heteroatoms. The largest absolute Gasteiger partial charge is 0.480 e. The number of nitrogens with two attached hydrogens (primary N) is 1. The summed E-state index contributed by atoms with van der Waals surface area (Å²) in [6, 6.07) is 3.92. The second-order valence-electron chi connectivity index (χ2n) is 3.55. The standard InChI is InChI=1S/C11H8Cl2N2O2S/c12-6-1-5(2-7(13)3-6)10-15-8(4-18-10)9(14)11(16)17/h1-4,9H,14H2,(H,16,17). The summed E-state index contributed by atoms with van der Waals surface area (Å²) in [6.45, 7) is 0. The smallest absolute Gasteiger partial charge is 0.326 e. The molecule has 18 heavy (non-hydrogen) atoms. The Kier molecular flexibility index (Phi) is 3.87. The minimum atomic E-state index is -1.12. The third-order valence-electron chi connectivity index (χ3n) is 2.22. The first-order chi connectivity index (χ1) is 8.47.